The second kappa shape index (κ2) is 11.7. The molecule has 0 aliphatic carbocycles. The van der Waals surface area contributed by atoms with Crippen molar-refractivity contribution in [3.05, 3.63) is 83.6 Å². The number of hydrogen-bond acceptors (Lipinski definition) is 4. The van der Waals surface area contributed by atoms with Crippen LogP contribution in [0, 0.1) is 5.82 Å². The maximum absolute atomic E-state index is 14.0. The van der Waals surface area contributed by atoms with E-state index in [2.05, 4.69) is 40.4 Å². The molecule has 9 heteroatoms. The molecule has 206 valence electrons. The van der Waals surface area contributed by atoms with Crippen molar-refractivity contribution in [2.45, 2.75) is 65.0 Å². The molecule has 0 bridgehead atoms. The number of nitrogens with one attached hydrogen (secondary N) is 1. The standard InChI is InChI=1S/C30H34FN3O4S/c1-19(2)34-11-9-25-26(21-8-10-32-24(14-21)17-33-39(37)30(3,4)5)12-20(13-27(25)34)18-38-28-16-23(31)7-6-22(28)15-29(35)36/h6-14,16,19,33H,15,17-18H2,1-5H3,(H,35,36). The number of pyridine rings is 1. The first-order valence-corrected chi connectivity index (χ1v) is 13.9. The van der Waals surface area contributed by atoms with Gasteiger partial charge in [-0.3, -0.25) is 9.78 Å². The van der Waals surface area contributed by atoms with Gasteiger partial charge in [0.15, 0.2) is 0 Å². The van der Waals surface area contributed by atoms with Crippen LogP contribution >= 0.6 is 0 Å². The molecule has 2 aromatic carbocycles. The van der Waals surface area contributed by atoms with Crippen LogP contribution in [0.1, 0.15) is 57.5 Å². The molecule has 0 aliphatic heterocycles. The monoisotopic (exact) mass is 551 g/mol. The number of halogens is 1. The van der Waals surface area contributed by atoms with Gasteiger partial charge in [-0.25, -0.2) is 13.3 Å². The Bertz CT molecular complexity index is 1520. The molecule has 0 saturated heterocycles. The fourth-order valence-corrected chi connectivity index (χ4v) is 5.04. The van der Waals surface area contributed by atoms with Crippen molar-refractivity contribution in [2.24, 2.45) is 0 Å². The Labute approximate surface area is 230 Å². The molecule has 1 atom stereocenters. The zero-order chi connectivity index (χ0) is 28.3. The quantitative estimate of drug-likeness (QED) is 0.245. The van der Waals surface area contributed by atoms with Gasteiger partial charge in [-0.2, -0.15) is 0 Å². The number of aliphatic carboxylic acids is 1. The third-order valence-electron chi connectivity index (χ3n) is 6.29. The van der Waals surface area contributed by atoms with Crippen LogP contribution in [0.15, 0.2) is 60.9 Å². The number of nitrogens with zero attached hydrogens (tertiary/aromatic N) is 2. The Morgan fingerprint density at radius 2 is 1.92 bits per heavy atom. The molecule has 2 heterocycles. The first kappa shape index (κ1) is 28.4. The summed E-state index contributed by atoms with van der Waals surface area (Å²) in [5.41, 5.74) is 4.99. The zero-order valence-electron chi connectivity index (χ0n) is 22.8. The van der Waals surface area contributed by atoms with E-state index in [4.69, 9.17) is 4.74 Å². The van der Waals surface area contributed by atoms with Crippen molar-refractivity contribution in [3.63, 3.8) is 0 Å². The molecule has 4 rings (SSSR count). The van der Waals surface area contributed by atoms with E-state index in [0.717, 1.165) is 33.3 Å². The second-order valence-electron chi connectivity index (χ2n) is 10.7. The predicted octanol–water partition coefficient (Wildman–Crippen LogP) is 6.18. The lowest BCUT2D eigenvalue weighted by Crippen LogP contribution is -2.33. The lowest BCUT2D eigenvalue weighted by Gasteiger charge is -2.18. The smallest absolute Gasteiger partial charge is 0.307 e. The molecule has 0 spiro atoms. The van der Waals surface area contributed by atoms with Crippen LogP contribution in [-0.4, -0.2) is 29.6 Å². The minimum Gasteiger partial charge on any atom is -0.488 e. The van der Waals surface area contributed by atoms with Crippen molar-refractivity contribution in [1.82, 2.24) is 14.3 Å². The zero-order valence-corrected chi connectivity index (χ0v) is 23.6. The minimum atomic E-state index is -1.22. The van der Waals surface area contributed by atoms with Crippen LogP contribution < -0.4 is 9.46 Å². The molecule has 0 fully saturated rings. The lowest BCUT2D eigenvalue weighted by molar-refractivity contribution is -0.136. The molecular formula is C30H34FN3O4S. The second-order valence-corrected chi connectivity index (χ2v) is 12.8. The summed E-state index contributed by atoms with van der Waals surface area (Å²) in [5, 5.41) is 10.3. The predicted molar refractivity (Wildman–Crippen MR) is 152 cm³/mol. The lowest BCUT2D eigenvalue weighted by atomic mass is 9.99. The number of fused-ring (bicyclic) bond motifs is 1. The van der Waals surface area contributed by atoms with Crippen molar-refractivity contribution in [2.75, 3.05) is 0 Å². The Kier molecular flexibility index (Phi) is 8.51. The average molecular weight is 552 g/mol. The molecular weight excluding hydrogens is 517 g/mol. The van der Waals surface area contributed by atoms with Gasteiger partial charge in [0.25, 0.3) is 0 Å². The van der Waals surface area contributed by atoms with Gasteiger partial charge in [0.1, 0.15) is 18.2 Å². The number of carbonyl (C=O) groups is 1. The highest BCUT2D eigenvalue weighted by Crippen LogP contribution is 2.33. The van der Waals surface area contributed by atoms with E-state index in [1.54, 1.807) is 6.20 Å². The van der Waals surface area contributed by atoms with E-state index < -0.39 is 22.8 Å². The van der Waals surface area contributed by atoms with Crippen LogP contribution in [0.5, 0.6) is 5.75 Å². The van der Waals surface area contributed by atoms with Gasteiger partial charge < -0.3 is 14.4 Å². The van der Waals surface area contributed by atoms with Gasteiger partial charge in [0.2, 0.25) is 0 Å². The Morgan fingerprint density at radius 3 is 2.62 bits per heavy atom. The van der Waals surface area contributed by atoms with E-state index >= 15 is 0 Å². The van der Waals surface area contributed by atoms with Gasteiger partial charge in [-0.1, -0.05) is 6.07 Å². The van der Waals surface area contributed by atoms with Gasteiger partial charge in [-0.05, 0) is 87.7 Å². The number of benzene rings is 2. The molecule has 0 saturated carbocycles. The van der Waals surface area contributed by atoms with Crippen LogP contribution in [0.2, 0.25) is 0 Å². The number of carboxylic acids is 1. The topological polar surface area (TPSA) is 93.5 Å². The molecule has 0 aliphatic rings. The highest BCUT2D eigenvalue weighted by molar-refractivity contribution is 7.84. The molecule has 1 unspecified atom stereocenters. The number of rotatable bonds is 10. The molecule has 4 aromatic rings. The summed E-state index contributed by atoms with van der Waals surface area (Å²) in [6.45, 7) is 10.5. The normalized spacial score (nSPS) is 12.7. The molecule has 0 radical (unpaired) electrons. The van der Waals surface area contributed by atoms with E-state index in [9.17, 15) is 18.5 Å². The minimum absolute atomic E-state index is 0.131. The van der Waals surface area contributed by atoms with E-state index in [0.29, 0.717) is 12.1 Å². The van der Waals surface area contributed by atoms with Gasteiger partial charge in [-0.15, -0.1) is 0 Å². The van der Waals surface area contributed by atoms with Crippen molar-refractivity contribution in [3.8, 4) is 16.9 Å². The summed E-state index contributed by atoms with van der Waals surface area (Å²) in [7, 11) is -1.22. The summed E-state index contributed by atoms with van der Waals surface area (Å²) in [6, 6.07) is 14.2. The van der Waals surface area contributed by atoms with E-state index in [1.807, 2.05) is 45.0 Å². The molecule has 7 nitrogen and oxygen atoms in total. The van der Waals surface area contributed by atoms with Crippen molar-refractivity contribution in [1.29, 1.82) is 0 Å². The SMILES string of the molecule is CC(C)n1ccc2c(-c3ccnc(CNS(=O)C(C)(C)C)c3)cc(COc3cc(F)ccc3CC(=O)O)cc21. The summed E-state index contributed by atoms with van der Waals surface area (Å²) in [4.78, 5) is 15.7. The molecule has 39 heavy (non-hydrogen) atoms. The van der Waals surface area contributed by atoms with Gasteiger partial charge >= 0.3 is 5.97 Å². The highest BCUT2D eigenvalue weighted by atomic mass is 32.2. The fraction of sp³-hybridized carbons (Fsp3) is 0.333. The fourth-order valence-electron chi connectivity index (χ4n) is 4.32. The maximum atomic E-state index is 14.0. The summed E-state index contributed by atoms with van der Waals surface area (Å²) >= 11 is 0. The molecule has 0 amide bonds. The Hall–Kier alpha value is -3.56. The summed E-state index contributed by atoms with van der Waals surface area (Å²) in [5.74, 6) is -1.30. The van der Waals surface area contributed by atoms with Crippen LogP contribution in [-0.2, 0) is 35.4 Å². The molecule has 2 N–H and O–H groups in total. The van der Waals surface area contributed by atoms with E-state index in [-0.39, 0.29) is 29.6 Å². The summed E-state index contributed by atoms with van der Waals surface area (Å²) in [6.07, 6.45) is 3.53. The number of carboxylic acid groups (broad SMARTS) is 1. The Morgan fingerprint density at radius 1 is 1.15 bits per heavy atom. The maximum Gasteiger partial charge on any atom is 0.307 e. The largest absolute Gasteiger partial charge is 0.488 e. The number of aromatic nitrogens is 2. The van der Waals surface area contributed by atoms with Gasteiger partial charge in [0.05, 0.1) is 34.4 Å². The third-order valence-corrected chi connectivity index (χ3v) is 7.81. The van der Waals surface area contributed by atoms with Crippen molar-refractivity contribution < 1.29 is 23.2 Å². The van der Waals surface area contributed by atoms with E-state index in [1.165, 1.54) is 18.2 Å². The first-order chi connectivity index (χ1) is 18.4. The van der Waals surface area contributed by atoms with Crippen LogP contribution in [0.25, 0.3) is 22.0 Å². The summed E-state index contributed by atoms with van der Waals surface area (Å²) < 4.78 is 37.3. The van der Waals surface area contributed by atoms with Crippen molar-refractivity contribution >= 4 is 27.9 Å². The van der Waals surface area contributed by atoms with Crippen LogP contribution in [0.4, 0.5) is 4.39 Å². The first-order valence-electron chi connectivity index (χ1n) is 12.8. The third kappa shape index (κ3) is 6.91. The van der Waals surface area contributed by atoms with Crippen LogP contribution in [0.3, 0.4) is 0 Å². The average Bonchev–Trinajstić information content (AvgIpc) is 3.30. The highest BCUT2D eigenvalue weighted by Gasteiger charge is 2.19. The number of ether oxygens (including phenoxy) is 1. The Balaban J connectivity index is 1.70. The van der Waals surface area contributed by atoms with Gasteiger partial charge in [0, 0.05) is 41.0 Å². The molecule has 2 aromatic heterocycles. The number of hydrogen-bond donors (Lipinski definition) is 2.